The first-order chi connectivity index (χ1) is 11.0. The van der Waals surface area contributed by atoms with Crippen LogP contribution in [0, 0.1) is 12.8 Å². The Balaban J connectivity index is 2.24. The van der Waals surface area contributed by atoms with Crippen molar-refractivity contribution in [1.82, 2.24) is 4.68 Å². The number of ether oxygens (including phenoxy) is 2. The largest absolute Gasteiger partial charge is 0.493 e. The van der Waals surface area contributed by atoms with Gasteiger partial charge in [-0.15, -0.1) is 11.3 Å². The summed E-state index contributed by atoms with van der Waals surface area (Å²) in [5.74, 6) is 1.93. The number of aryl methyl sites for hydroxylation is 1. The number of aromatic nitrogens is 1. The van der Waals surface area contributed by atoms with E-state index in [0.717, 1.165) is 21.8 Å². The molecule has 0 bridgehead atoms. The molecule has 6 heteroatoms. The third-order valence-electron chi connectivity index (χ3n) is 3.12. The molecule has 0 aliphatic rings. The van der Waals surface area contributed by atoms with Crippen LogP contribution >= 0.6 is 11.3 Å². The fourth-order valence-electron chi connectivity index (χ4n) is 1.94. The molecule has 0 aliphatic carbocycles. The van der Waals surface area contributed by atoms with Gasteiger partial charge in [-0.2, -0.15) is 5.10 Å². The molecule has 1 aromatic heterocycles. The van der Waals surface area contributed by atoms with Crippen LogP contribution in [-0.2, 0) is 0 Å². The second-order valence-corrected chi connectivity index (χ2v) is 6.39. The van der Waals surface area contributed by atoms with Crippen LogP contribution in [0.1, 0.15) is 25.1 Å². The predicted octanol–water partition coefficient (Wildman–Crippen LogP) is 3.31. The highest BCUT2D eigenvalue weighted by molar-refractivity contribution is 7.07. The lowest BCUT2D eigenvalue weighted by Crippen LogP contribution is -2.11. The van der Waals surface area contributed by atoms with Gasteiger partial charge in [-0.3, -0.25) is 4.99 Å². The minimum absolute atomic E-state index is 0.468. The second-order valence-electron chi connectivity index (χ2n) is 5.55. The van der Waals surface area contributed by atoms with Gasteiger partial charge >= 0.3 is 0 Å². The summed E-state index contributed by atoms with van der Waals surface area (Å²) >= 11 is 1.57. The van der Waals surface area contributed by atoms with Crippen molar-refractivity contribution in [3.63, 3.8) is 0 Å². The van der Waals surface area contributed by atoms with E-state index in [1.807, 2.05) is 35.2 Å². The van der Waals surface area contributed by atoms with Crippen molar-refractivity contribution in [3.8, 4) is 11.5 Å². The van der Waals surface area contributed by atoms with Crippen LogP contribution < -0.4 is 14.3 Å². The maximum atomic E-state index is 5.76. The molecule has 2 aromatic rings. The predicted molar refractivity (Wildman–Crippen MR) is 94.9 cm³/mol. The summed E-state index contributed by atoms with van der Waals surface area (Å²) < 4.78 is 13.0. The molecule has 23 heavy (non-hydrogen) atoms. The van der Waals surface area contributed by atoms with Crippen molar-refractivity contribution in [2.75, 3.05) is 20.8 Å². The highest BCUT2D eigenvalue weighted by Crippen LogP contribution is 2.28. The van der Waals surface area contributed by atoms with Gasteiger partial charge < -0.3 is 9.47 Å². The van der Waals surface area contributed by atoms with Crippen molar-refractivity contribution in [2.45, 2.75) is 20.8 Å². The number of hydrogen-bond donors (Lipinski definition) is 0. The summed E-state index contributed by atoms with van der Waals surface area (Å²) in [6.07, 6.45) is 1.79. The molecule has 0 spiro atoms. The molecule has 0 amide bonds. The highest BCUT2D eigenvalue weighted by Gasteiger charge is 2.06. The van der Waals surface area contributed by atoms with Crippen LogP contribution in [0.3, 0.4) is 0 Å². The Morgan fingerprint density at radius 1 is 1.30 bits per heavy atom. The van der Waals surface area contributed by atoms with Gasteiger partial charge in [0.2, 0.25) is 4.80 Å². The van der Waals surface area contributed by atoms with Crippen molar-refractivity contribution in [1.29, 1.82) is 0 Å². The SMILES string of the molecule is CN=c1scc(C)n1N=Cc1ccc(OCC(C)C)c(OC)c1. The summed E-state index contributed by atoms with van der Waals surface area (Å²) in [6.45, 7) is 6.90. The summed E-state index contributed by atoms with van der Waals surface area (Å²) in [5, 5.41) is 6.53. The Kier molecular flexibility index (Phi) is 5.98. The molecule has 0 N–H and O–H groups in total. The highest BCUT2D eigenvalue weighted by atomic mass is 32.1. The Morgan fingerprint density at radius 3 is 2.74 bits per heavy atom. The molecule has 124 valence electrons. The Labute approximate surface area is 140 Å². The van der Waals surface area contributed by atoms with Crippen molar-refractivity contribution in [3.05, 3.63) is 39.6 Å². The Morgan fingerprint density at radius 2 is 2.09 bits per heavy atom. The lowest BCUT2D eigenvalue weighted by atomic mass is 10.2. The van der Waals surface area contributed by atoms with E-state index in [4.69, 9.17) is 9.47 Å². The Hall–Kier alpha value is -2.08. The maximum Gasteiger partial charge on any atom is 0.205 e. The average Bonchev–Trinajstić information content (AvgIpc) is 2.91. The summed E-state index contributed by atoms with van der Waals surface area (Å²) in [7, 11) is 3.41. The van der Waals surface area contributed by atoms with E-state index in [1.165, 1.54) is 0 Å². The fourth-order valence-corrected chi connectivity index (χ4v) is 2.71. The normalized spacial score (nSPS) is 12.3. The van der Waals surface area contributed by atoms with E-state index in [2.05, 4.69) is 23.9 Å². The quantitative estimate of drug-likeness (QED) is 0.762. The zero-order valence-corrected chi connectivity index (χ0v) is 15.1. The van der Waals surface area contributed by atoms with Crippen molar-refractivity contribution < 1.29 is 9.47 Å². The van der Waals surface area contributed by atoms with E-state index in [1.54, 1.807) is 31.7 Å². The lowest BCUT2D eigenvalue weighted by molar-refractivity contribution is 0.257. The van der Waals surface area contributed by atoms with Crippen molar-refractivity contribution >= 4 is 17.6 Å². The minimum Gasteiger partial charge on any atom is -0.493 e. The molecule has 0 aliphatic heterocycles. The molecule has 0 radical (unpaired) electrons. The van der Waals surface area contributed by atoms with Gasteiger partial charge in [0.25, 0.3) is 0 Å². The first-order valence-electron chi connectivity index (χ1n) is 7.50. The molecule has 2 rings (SSSR count). The van der Waals surface area contributed by atoms with Crippen LogP contribution in [0.2, 0.25) is 0 Å². The first kappa shape index (κ1) is 17.3. The van der Waals surface area contributed by atoms with Crippen LogP contribution in [-0.4, -0.2) is 31.7 Å². The number of benzene rings is 1. The molecule has 1 aromatic carbocycles. The zero-order valence-electron chi connectivity index (χ0n) is 14.2. The van der Waals surface area contributed by atoms with Crippen LogP contribution in [0.4, 0.5) is 0 Å². The third kappa shape index (κ3) is 4.45. The average molecular weight is 333 g/mol. The van der Waals surface area contributed by atoms with Crippen LogP contribution in [0.5, 0.6) is 11.5 Å². The van der Waals surface area contributed by atoms with E-state index in [-0.39, 0.29) is 0 Å². The lowest BCUT2D eigenvalue weighted by Gasteiger charge is -2.12. The van der Waals surface area contributed by atoms with Crippen LogP contribution in [0.15, 0.2) is 33.7 Å². The minimum atomic E-state index is 0.468. The van der Waals surface area contributed by atoms with E-state index >= 15 is 0 Å². The van der Waals surface area contributed by atoms with E-state index in [0.29, 0.717) is 18.3 Å². The molecule has 5 nitrogen and oxygen atoms in total. The third-order valence-corrected chi connectivity index (χ3v) is 4.15. The van der Waals surface area contributed by atoms with Crippen molar-refractivity contribution in [2.24, 2.45) is 16.0 Å². The van der Waals surface area contributed by atoms with Gasteiger partial charge in [-0.25, -0.2) is 4.68 Å². The molecule has 0 fully saturated rings. The van der Waals surface area contributed by atoms with Gasteiger partial charge in [-0.1, -0.05) is 13.8 Å². The van der Waals surface area contributed by atoms with Gasteiger partial charge in [0.15, 0.2) is 11.5 Å². The van der Waals surface area contributed by atoms with Crippen LogP contribution in [0.25, 0.3) is 0 Å². The molecule has 0 unspecified atom stereocenters. The second kappa shape index (κ2) is 7.97. The summed E-state index contributed by atoms with van der Waals surface area (Å²) in [6, 6.07) is 5.80. The zero-order chi connectivity index (χ0) is 16.8. The van der Waals surface area contributed by atoms with Gasteiger partial charge in [-0.05, 0) is 36.6 Å². The molecule has 0 atom stereocenters. The van der Waals surface area contributed by atoms with Gasteiger partial charge in [0, 0.05) is 12.4 Å². The molecule has 1 heterocycles. The number of hydrogen-bond acceptors (Lipinski definition) is 5. The Bertz CT molecular complexity index is 745. The summed E-state index contributed by atoms with van der Waals surface area (Å²) in [5.41, 5.74) is 2.00. The number of thiazole rings is 1. The number of nitrogens with zero attached hydrogens (tertiary/aromatic N) is 3. The van der Waals surface area contributed by atoms with E-state index < -0.39 is 0 Å². The monoisotopic (exact) mass is 333 g/mol. The fraction of sp³-hybridized carbons (Fsp3) is 0.412. The smallest absolute Gasteiger partial charge is 0.205 e. The molecular weight excluding hydrogens is 310 g/mol. The first-order valence-corrected chi connectivity index (χ1v) is 8.38. The standard InChI is InChI=1S/C17H23N3O2S/c1-12(2)10-22-15-7-6-14(8-16(15)21-5)9-19-20-13(3)11-23-17(20)18-4/h6-9,11-12H,10H2,1-5H3. The number of methoxy groups -OCH3 is 1. The van der Waals surface area contributed by atoms with E-state index in [9.17, 15) is 0 Å². The number of rotatable bonds is 6. The molecular formula is C17H23N3O2S. The summed E-state index contributed by atoms with van der Waals surface area (Å²) in [4.78, 5) is 5.08. The van der Waals surface area contributed by atoms with Gasteiger partial charge in [0.1, 0.15) is 0 Å². The maximum absolute atomic E-state index is 5.76. The molecule has 0 saturated carbocycles. The topological polar surface area (TPSA) is 48.1 Å². The van der Waals surface area contributed by atoms with Gasteiger partial charge in [0.05, 0.1) is 25.6 Å². The molecule has 0 saturated heterocycles.